The van der Waals surface area contributed by atoms with Gasteiger partial charge in [-0.1, -0.05) is 0 Å². The Hall–Kier alpha value is -2.89. The van der Waals surface area contributed by atoms with Crippen molar-refractivity contribution < 1.29 is 14.5 Å². The summed E-state index contributed by atoms with van der Waals surface area (Å²) in [5.74, 6) is 0.507. The summed E-state index contributed by atoms with van der Waals surface area (Å²) in [7, 11) is 0. The molecule has 0 bridgehead atoms. The highest BCUT2D eigenvalue weighted by atomic mass is 16.6. The smallest absolute Gasteiger partial charge is 0.269 e. The van der Waals surface area contributed by atoms with Crippen LogP contribution in [0.2, 0.25) is 0 Å². The molecule has 2 rings (SSSR count). The Morgan fingerprint density at radius 2 is 1.79 bits per heavy atom. The summed E-state index contributed by atoms with van der Waals surface area (Å²) in [5.41, 5.74) is 2.30. The Morgan fingerprint density at radius 1 is 1.12 bits per heavy atom. The molecule has 0 atom stereocenters. The fraction of sp³-hybridized carbons (Fsp3) is 0.278. The van der Waals surface area contributed by atoms with Gasteiger partial charge in [-0.15, -0.1) is 0 Å². The number of carbonyl (C=O) groups is 1. The Kier molecular flexibility index (Phi) is 5.89. The minimum Gasteiger partial charge on any atom is -0.488 e. The monoisotopic (exact) mass is 328 g/mol. The molecule has 0 aliphatic heterocycles. The van der Waals surface area contributed by atoms with Gasteiger partial charge in [0, 0.05) is 37.0 Å². The van der Waals surface area contributed by atoms with Crippen LogP contribution in [0.5, 0.6) is 5.75 Å². The van der Waals surface area contributed by atoms with Crippen molar-refractivity contribution >= 4 is 17.7 Å². The predicted molar refractivity (Wildman–Crippen MR) is 92.8 cm³/mol. The number of non-ortho nitro benzene ring substituents is 1. The van der Waals surface area contributed by atoms with Crippen LogP contribution in [-0.4, -0.2) is 24.3 Å². The highest BCUT2D eigenvalue weighted by molar-refractivity contribution is 5.80. The predicted octanol–water partition coefficient (Wildman–Crippen LogP) is 3.83. The lowest BCUT2D eigenvalue weighted by molar-refractivity contribution is -0.384. The molecule has 0 aliphatic carbocycles. The molecule has 0 N–H and O–H groups in total. The van der Waals surface area contributed by atoms with Crippen molar-refractivity contribution in [3.63, 3.8) is 0 Å². The molecule has 0 fully saturated rings. The molecule has 0 saturated carbocycles. The van der Waals surface area contributed by atoms with Crippen LogP contribution in [0.3, 0.4) is 0 Å². The van der Waals surface area contributed by atoms with Crippen LogP contribution >= 0.6 is 0 Å². The molecule has 6 nitrogen and oxygen atoms in total. The number of nitro groups is 1. The van der Waals surface area contributed by atoms with Crippen molar-refractivity contribution in [2.24, 2.45) is 0 Å². The first-order valence-corrected chi connectivity index (χ1v) is 7.79. The van der Waals surface area contributed by atoms with Crippen molar-refractivity contribution in [3.8, 4) is 5.75 Å². The van der Waals surface area contributed by atoms with Crippen LogP contribution in [0.25, 0.3) is 0 Å². The second-order valence-electron chi connectivity index (χ2n) is 5.22. The number of benzene rings is 2. The number of carbonyl (C=O) groups excluding carboxylic acids is 1. The highest BCUT2D eigenvalue weighted by Gasteiger charge is 2.09. The molecule has 6 heteroatoms. The molecule has 0 saturated heterocycles. The maximum atomic E-state index is 11.2. The fourth-order valence-corrected chi connectivity index (χ4v) is 2.41. The van der Waals surface area contributed by atoms with E-state index in [-0.39, 0.29) is 12.3 Å². The quantitative estimate of drug-likeness (QED) is 0.418. The molecule has 2 aromatic rings. The van der Waals surface area contributed by atoms with Crippen molar-refractivity contribution in [1.29, 1.82) is 0 Å². The third-order valence-electron chi connectivity index (χ3n) is 3.79. The summed E-state index contributed by atoms with van der Waals surface area (Å²) < 4.78 is 5.77. The molecule has 0 unspecified atom stereocenters. The van der Waals surface area contributed by atoms with E-state index in [4.69, 9.17) is 4.74 Å². The maximum absolute atomic E-state index is 11.2. The number of anilines is 1. The van der Waals surface area contributed by atoms with Crippen LogP contribution in [-0.2, 0) is 6.61 Å². The number of hydrogen-bond donors (Lipinski definition) is 0. The van der Waals surface area contributed by atoms with E-state index < -0.39 is 4.92 Å². The van der Waals surface area contributed by atoms with E-state index in [0.717, 1.165) is 30.6 Å². The largest absolute Gasteiger partial charge is 0.488 e. The maximum Gasteiger partial charge on any atom is 0.269 e. The lowest BCUT2D eigenvalue weighted by Crippen LogP contribution is -2.21. The van der Waals surface area contributed by atoms with E-state index in [0.29, 0.717) is 11.3 Å². The average molecular weight is 328 g/mol. The van der Waals surface area contributed by atoms with Gasteiger partial charge in [0.2, 0.25) is 0 Å². The molecule has 24 heavy (non-hydrogen) atoms. The first-order chi connectivity index (χ1) is 11.6. The summed E-state index contributed by atoms with van der Waals surface area (Å²) in [6.07, 6.45) is 0.761. The van der Waals surface area contributed by atoms with E-state index in [1.165, 1.54) is 12.1 Å². The number of rotatable bonds is 8. The third-order valence-corrected chi connectivity index (χ3v) is 3.79. The van der Waals surface area contributed by atoms with Crippen LogP contribution in [0, 0.1) is 10.1 Å². The Morgan fingerprint density at radius 3 is 2.33 bits per heavy atom. The Labute approximate surface area is 140 Å². The average Bonchev–Trinajstić information content (AvgIpc) is 2.61. The zero-order valence-corrected chi connectivity index (χ0v) is 13.8. The van der Waals surface area contributed by atoms with Gasteiger partial charge in [0.1, 0.15) is 12.4 Å². The van der Waals surface area contributed by atoms with Gasteiger partial charge in [-0.05, 0) is 43.7 Å². The minimum absolute atomic E-state index is 0.0378. The van der Waals surface area contributed by atoms with Crippen LogP contribution in [0.4, 0.5) is 11.4 Å². The van der Waals surface area contributed by atoms with E-state index in [1.807, 2.05) is 12.1 Å². The number of nitro benzene ring substituents is 1. The summed E-state index contributed by atoms with van der Waals surface area (Å²) in [6, 6.07) is 11.7. The summed E-state index contributed by atoms with van der Waals surface area (Å²) in [5, 5.41) is 10.7. The molecule has 0 radical (unpaired) electrons. The lowest BCUT2D eigenvalue weighted by atomic mass is 10.1. The molecule has 0 spiro atoms. The van der Waals surface area contributed by atoms with Crippen LogP contribution in [0.15, 0.2) is 42.5 Å². The zero-order chi connectivity index (χ0) is 17.5. The summed E-state index contributed by atoms with van der Waals surface area (Å²) in [4.78, 5) is 23.6. The van der Waals surface area contributed by atoms with E-state index in [9.17, 15) is 14.9 Å². The molecule has 0 amide bonds. The van der Waals surface area contributed by atoms with E-state index >= 15 is 0 Å². The highest BCUT2D eigenvalue weighted by Crippen LogP contribution is 2.26. The van der Waals surface area contributed by atoms with E-state index in [2.05, 4.69) is 18.7 Å². The topological polar surface area (TPSA) is 72.7 Å². The lowest BCUT2D eigenvalue weighted by Gasteiger charge is -2.22. The number of nitrogens with zero attached hydrogens (tertiary/aromatic N) is 2. The number of hydrogen-bond acceptors (Lipinski definition) is 5. The van der Waals surface area contributed by atoms with Crippen molar-refractivity contribution in [3.05, 3.63) is 63.7 Å². The van der Waals surface area contributed by atoms with Gasteiger partial charge >= 0.3 is 0 Å². The van der Waals surface area contributed by atoms with Crippen molar-refractivity contribution in [2.45, 2.75) is 20.5 Å². The van der Waals surface area contributed by atoms with Gasteiger partial charge in [-0.3, -0.25) is 14.9 Å². The van der Waals surface area contributed by atoms with E-state index in [1.54, 1.807) is 18.2 Å². The first-order valence-electron chi connectivity index (χ1n) is 7.79. The zero-order valence-electron chi connectivity index (χ0n) is 13.8. The van der Waals surface area contributed by atoms with Gasteiger partial charge < -0.3 is 9.64 Å². The molecular weight excluding hydrogens is 308 g/mol. The molecule has 0 aliphatic rings. The Bertz CT molecular complexity index is 709. The van der Waals surface area contributed by atoms with Gasteiger partial charge in [-0.25, -0.2) is 0 Å². The molecule has 0 heterocycles. The summed E-state index contributed by atoms with van der Waals surface area (Å²) in [6.45, 7) is 6.08. The summed E-state index contributed by atoms with van der Waals surface area (Å²) >= 11 is 0. The molecular formula is C18H20N2O4. The second-order valence-corrected chi connectivity index (χ2v) is 5.22. The van der Waals surface area contributed by atoms with Crippen molar-refractivity contribution in [2.75, 3.05) is 18.0 Å². The standard InChI is InChI=1S/C18H20N2O4/c1-3-19(4-2)17-10-7-15(12-21)18(11-17)24-13-14-5-8-16(9-6-14)20(22)23/h5-12H,3-4,13H2,1-2H3. The Balaban J connectivity index is 2.16. The molecule has 0 aromatic heterocycles. The minimum atomic E-state index is -0.442. The molecule has 126 valence electrons. The normalized spacial score (nSPS) is 10.2. The van der Waals surface area contributed by atoms with Crippen LogP contribution < -0.4 is 9.64 Å². The SMILES string of the molecule is CCN(CC)c1ccc(C=O)c(OCc2ccc([N+](=O)[O-])cc2)c1. The van der Waals surface area contributed by atoms with Crippen LogP contribution in [0.1, 0.15) is 29.8 Å². The van der Waals surface area contributed by atoms with Crippen molar-refractivity contribution in [1.82, 2.24) is 0 Å². The third kappa shape index (κ3) is 4.10. The van der Waals surface area contributed by atoms with Gasteiger partial charge in [-0.2, -0.15) is 0 Å². The number of ether oxygens (including phenoxy) is 1. The van der Waals surface area contributed by atoms with Gasteiger partial charge in [0.25, 0.3) is 5.69 Å². The number of aldehydes is 1. The van der Waals surface area contributed by atoms with Gasteiger partial charge in [0.15, 0.2) is 6.29 Å². The molecule has 2 aromatic carbocycles. The first kappa shape index (κ1) is 17.5. The van der Waals surface area contributed by atoms with Gasteiger partial charge in [0.05, 0.1) is 10.5 Å². The second kappa shape index (κ2) is 8.10. The fourth-order valence-electron chi connectivity index (χ4n) is 2.41.